The highest BCUT2D eigenvalue weighted by molar-refractivity contribution is 6.02. The van der Waals surface area contributed by atoms with Gasteiger partial charge in [-0.25, -0.2) is 4.79 Å². The minimum atomic E-state index is -0.480. The Kier molecular flexibility index (Phi) is 4.28. The predicted molar refractivity (Wildman–Crippen MR) is 85.5 cm³/mol. The van der Waals surface area contributed by atoms with Crippen molar-refractivity contribution in [2.75, 3.05) is 19.0 Å². The number of carbonyl (C=O) groups excluding carboxylic acids is 2. The van der Waals surface area contributed by atoms with Gasteiger partial charge in [0.15, 0.2) is 0 Å². The molecule has 1 amide bonds. The predicted octanol–water partition coefficient (Wildman–Crippen LogP) is 2.66. The van der Waals surface area contributed by atoms with E-state index in [0.29, 0.717) is 24.3 Å². The van der Waals surface area contributed by atoms with Crippen LogP contribution in [0.3, 0.4) is 0 Å². The third-order valence-electron chi connectivity index (χ3n) is 3.84. The molecule has 0 fully saturated rings. The Morgan fingerprint density at radius 2 is 1.87 bits per heavy atom. The number of rotatable bonds is 3. The Balaban J connectivity index is 1.75. The average molecular weight is 311 g/mol. The zero-order chi connectivity index (χ0) is 16.2. The second kappa shape index (κ2) is 6.52. The van der Waals surface area contributed by atoms with Gasteiger partial charge in [-0.3, -0.25) is 4.79 Å². The number of benzene rings is 2. The van der Waals surface area contributed by atoms with Gasteiger partial charge >= 0.3 is 5.97 Å². The molecule has 1 aliphatic heterocycles. The first-order valence-corrected chi connectivity index (χ1v) is 7.38. The highest BCUT2D eigenvalue weighted by Crippen LogP contribution is 2.27. The van der Waals surface area contributed by atoms with E-state index in [-0.39, 0.29) is 11.8 Å². The number of amides is 1. The number of para-hydroxylation sites is 2. The van der Waals surface area contributed by atoms with Crippen molar-refractivity contribution in [3.8, 4) is 5.75 Å². The fraction of sp³-hybridized carbons (Fsp3) is 0.222. The number of carbonyl (C=O) groups is 2. The molecule has 1 aliphatic rings. The van der Waals surface area contributed by atoms with Crippen LogP contribution >= 0.6 is 0 Å². The van der Waals surface area contributed by atoms with Crippen molar-refractivity contribution >= 4 is 17.6 Å². The first-order valence-electron chi connectivity index (χ1n) is 7.38. The molecule has 0 aliphatic carbocycles. The van der Waals surface area contributed by atoms with Crippen LogP contribution in [0.1, 0.15) is 15.9 Å². The molecule has 2 aromatic carbocycles. The second-order valence-corrected chi connectivity index (χ2v) is 5.35. The van der Waals surface area contributed by atoms with Crippen molar-refractivity contribution < 1.29 is 19.1 Å². The number of hydrogen-bond donors (Lipinski definition) is 1. The summed E-state index contributed by atoms with van der Waals surface area (Å²) in [5, 5.41) is 2.81. The molecule has 0 radical (unpaired) electrons. The van der Waals surface area contributed by atoms with E-state index in [1.165, 1.54) is 7.11 Å². The molecule has 0 saturated heterocycles. The van der Waals surface area contributed by atoms with E-state index in [2.05, 4.69) is 5.32 Å². The molecule has 1 heterocycles. The number of ether oxygens (including phenoxy) is 2. The van der Waals surface area contributed by atoms with E-state index >= 15 is 0 Å². The zero-order valence-corrected chi connectivity index (χ0v) is 12.7. The molecule has 0 saturated carbocycles. The number of nitrogens with one attached hydrogen (secondary N) is 1. The number of esters is 1. The largest absolute Gasteiger partial charge is 0.492 e. The van der Waals surface area contributed by atoms with Gasteiger partial charge in [0.2, 0.25) is 5.91 Å². The summed E-state index contributed by atoms with van der Waals surface area (Å²) in [6, 6.07) is 14.5. The lowest BCUT2D eigenvalue weighted by Gasteiger charge is -2.24. The van der Waals surface area contributed by atoms with Crippen LogP contribution in [0.5, 0.6) is 5.75 Å². The number of anilines is 1. The molecule has 1 N–H and O–H groups in total. The van der Waals surface area contributed by atoms with Gasteiger partial charge < -0.3 is 14.8 Å². The first-order chi connectivity index (χ1) is 11.2. The van der Waals surface area contributed by atoms with Crippen LogP contribution < -0.4 is 10.1 Å². The Bertz CT molecular complexity index is 741. The van der Waals surface area contributed by atoms with Crippen LogP contribution in [0.4, 0.5) is 5.69 Å². The van der Waals surface area contributed by atoms with E-state index in [9.17, 15) is 9.59 Å². The molecule has 3 rings (SSSR count). The Morgan fingerprint density at radius 3 is 2.70 bits per heavy atom. The molecule has 0 spiro atoms. The standard InChI is InChI=1S/C18H17NO4/c1-22-18(21)14-7-3-4-8-15(14)19-17(20)13-10-12-6-2-5-9-16(12)23-11-13/h2-9,13H,10-11H2,1H3,(H,19,20)/t13-/m1/s1. The van der Waals surface area contributed by atoms with Crippen molar-refractivity contribution in [1.29, 1.82) is 0 Å². The maximum Gasteiger partial charge on any atom is 0.339 e. The van der Waals surface area contributed by atoms with Crippen molar-refractivity contribution in [2.24, 2.45) is 5.92 Å². The van der Waals surface area contributed by atoms with Crippen molar-refractivity contribution in [3.05, 3.63) is 59.7 Å². The molecule has 5 nitrogen and oxygen atoms in total. The number of hydrogen-bond acceptors (Lipinski definition) is 4. The molecule has 2 aromatic rings. The van der Waals surface area contributed by atoms with Gasteiger partial charge in [0.05, 0.1) is 24.3 Å². The van der Waals surface area contributed by atoms with E-state index < -0.39 is 5.97 Å². The molecule has 118 valence electrons. The average Bonchev–Trinajstić information content (AvgIpc) is 2.61. The molecule has 0 aromatic heterocycles. The molecular weight excluding hydrogens is 294 g/mol. The topological polar surface area (TPSA) is 64.6 Å². The molecule has 5 heteroatoms. The maximum atomic E-state index is 12.5. The van der Waals surface area contributed by atoms with Crippen LogP contribution in [0.15, 0.2) is 48.5 Å². The summed E-state index contributed by atoms with van der Waals surface area (Å²) in [4.78, 5) is 24.3. The van der Waals surface area contributed by atoms with Crippen LogP contribution in [0.25, 0.3) is 0 Å². The smallest absolute Gasteiger partial charge is 0.339 e. The lowest BCUT2D eigenvalue weighted by atomic mass is 9.96. The third kappa shape index (κ3) is 3.18. The first kappa shape index (κ1) is 15.1. The minimum Gasteiger partial charge on any atom is -0.492 e. The molecule has 23 heavy (non-hydrogen) atoms. The SMILES string of the molecule is COC(=O)c1ccccc1NC(=O)[C@H]1COc2ccccc2C1. The zero-order valence-electron chi connectivity index (χ0n) is 12.7. The summed E-state index contributed by atoms with van der Waals surface area (Å²) in [5.41, 5.74) is 1.80. The Morgan fingerprint density at radius 1 is 1.13 bits per heavy atom. The Hall–Kier alpha value is -2.82. The summed E-state index contributed by atoms with van der Waals surface area (Å²) in [5.74, 6) is -0.121. The van der Waals surface area contributed by atoms with Crippen LogP contribution in [-0.4, -0.2) is 25.6 Å². The summed E-state index contributed by atoms with van der Waals surface area (Å²) in [6.07, 6.45) is 0.613. The number of methoxy groups -OCH3 is 1. The highest BCUT2D eigenvalue weighted by atomic mass is 16.5. The fourth-order valence-electron chi connectivity index (χ4n) is 2.61. The van der Waals surface area contributed by atoms with Gasteiger partial charge in [-0.15, -0.1) is 0 Å². The van der Waals surface area contributed by atoms with Crippen LogP contribution in [0.2, 0.25) is 0 Å². The van der Waals surface area contributed by atoms with Crippen LogP contribution in [-0.2, 0) is 16.0 Å². The highest BCUT2D eigenvalue weighted by Gasteiger charge is 2.26. The van der Waals surface area contributed by atoms with Crippen LogP contribution in [0, 0.1) is 5.92 Å². The van der Waals surface area contributed by atoms with E-state index in [0.717, 1.165) is 11.3 Å². The molecular formula is C18H17NO4. The maximum absolute atomic E-state index is 12.5. The summed E-state index contributed by atoms with van der Waals surface area (Å²) < 4.78 is 10.4. The van der Waals surface area contributed by atoms with Gasteiger partial charge in [0.25, 0.3) is 0 Å². The normalized spacial score (nSPS) is 16.0. The summed E-state index contributed by atoms with van der Waals surface area (Å²) >= 11 is 0. The fourth-order valence-corrected chi connectivity index (χ4v) is 2.61. The Labute approximate surface area is 134 Å². The molecule has 0 bridgehead atoms. The second-order valence-electron chi connectivity index (χ2n) is 5.35. The van der Waals surface area contributed by atoms with Gasteiger partial charge in [-0.2, -0.15) is 0 Å². The lowest BCUT2D eigenvalue weighted by Crippen LogP contribution is -2.33. The molecule has 0 unspecified atom stereocenters. The summed E-state index contributed by atoms with van der Waals surface area (Å²) in [7, 11) is 1.31. The van der Waals surface area contributed by atoms with Gasteiger partial charge in [0.1, 0.15) is 12.4 Å². The van der Waals surface area contributed by atoms with E-state index in [4.69, 9.17) is 9.47 Å². The van der Waals surface area contributed by atoms with E-state index in [1.807, 2.05) is 24.3 Å². The summed E-state index contributed by atoms with van der Waals surface area (Å²) in [6.45, 7) is 0.323. The van der Waals surface area contributed by atoms with Crippen molar-refractivity contribution in [3.63, 3.8) is 0 Å². The number of fused-ring (bicyclic) bond motifs is 1. The van der Waals surface area contributed by atoms with Crippen molar-refractivity contribution in [2.45, 2.75) is 6.42 Å². The minimum absolute atomic E-state index is 0.171. The van der Waals surface area contributed by atoms with E-state index in [1.54, 1.807) is 24.3 Å². The third-order valence-corrected chi connectivity index (χ3v) is 3.84. The van der Waals surface area contributed by atoms with Crippen molar-refractivity contribution in [1.82, 2.24) is 0 Å². The van der Waals surface area contributed by atoms with Gasteiger partial charge in [-0.05, 0) is 30.2 Å². The van der Waals surface area contributed by atoms with Gasteiger partial charge in [-0.1, -0.05) is 30.3 Å². The molecule has 1 atom stereocenters. The van der Waals surface area contributed by atoms with Gasteiger partial charge in [0, 0.05) is 0 Å². The lowest BCUT2D eigenvalue weighted by molar-refractivity contribution is -0.121. The quantitative estimate of drug-likeness (QED) is 0.885. The monoisotopic (exact) mass is 311 g/mol.